The van der Waals surface area contributed by atoms with Gasteiger partial charge in [-0.1, -0.05) is 13.8 Å². The molecule has 20 heavy (non-hydrogen) atoms. The van der Waals surface area contributed by atoms with Crippen LogP contribution in [0.5, 0.6) is 5.75 Å². The Kier molecular flexibility index (Phi) is 5.31. The van der Waals surface area contributed by atoms with Gasteiger partial charge >= 0.3 is 11.7 Å². The fourth-order valence-corrected chi connectivity index (χ4v) is 1.77. The molecule has 1 atom stereocenters. The molecule has 7 heteroatoms. The first kappa shape index (κ1) is 15.7. The van der Waals surface area contributed by atoms with Crippen molar-refractivity contribution in [2.45, 2.75) is 26.3 Å². The minimum atomic E-state index is -0.898. The highest BCUT2D eigenvalue weighted by Gasteiger charge is 2.19. The molecule has 110 valence electrons. The predicted octanol–water partition coefficient (Wildman–Crippen LogP) is 2.51. The molecule has 0 amide bonds. The number of carbonyl (C=O) groups is 1. The number of benzene rings is 1. The average molecular weight is 282 g/mol. The van der Waals surface area contributed by atoms with Crippen LogP contribution in [0, 0.1) is 16.0 Å². The number of ether oxygens (including phenoxy) is 1. The van der Waals surface area contributed by atoms with Crippen molar-refractivity contribution >= 4 is 17.3 Å². The van der Waals surface area contributed by atoms with Crippen molar-refractivity contribution in [3.05, 3.63) is 28.3 Å². The van der Waals surface area contributed by atoms with Crippen LogP contribution in [0.2, 0.25) is 0 Å². The Morgan fingerprint density at radius 2 is 2.15 bits per heavy atom. The van der Waals surface area contributed by atoms with Gasteiger partial charge in [0.25, 0.3) is 0 Å². The highest BCUT2D eigenvalue weighted by Crippen LogP contribution is 2.30. The van der Waals surface area contributed by atoms with Gasteiger partial charge < -0.3 is 15.2 Å². The van der Waals surface area contributed by atoms with E-state index in [1.165, 1.54) is 25.3 Å². The number of nitro groups is 1. The number of carboxylic acid groups (broad SMARTS) is 1. The van der Waals surface area contributed by atoms with E-state index in [0.29, 0.717) is 5.69 Å². The van der Waals surface area contributed by atoms with Gasteiger partial charge in [0.05, 0.1) is 18.5 Å². The molecular formula is C13H18N2O5. The zero-order valence-electron chi connectivity index (χ0n) is 11.6. The number of rotatable bonds is 7. The Labute approximate surface area is 116 Å². The number of anilines is 1. The maximum atomic E-state index is 10.8. The molecule has 0 bridgehead atoms. The van der Waals surface area contributed by atoms with E-state index in [4.69, 9.17) is 9.84 Å². The molecule has 0 aliphatic rings. The van der Waals surface area contributed by atoms with E-state index in [2.05, 4.69) is 5.32 Å². The summed E-state index contributed by atoms with van der Waals surface area (Å²) >= 11 is 0. The summed E-state index contributed by atoms with van der Waals surface area (Å²) in [6.45, 7) is 3.81. The third-order valence-electron chi connectivity index (χ3n) is 2.93. The number of methoxy groups -OCH3 is 1. The van der Waals surface area contributed by atoms with Crippen LogP contribution in [0.1, 0.15) is 20.3 Å². The van der Waals surface area contributed by atoms with Crippen LogP contribution in [-0.4, -0.2) is 29.2 Å². The standard InChI is InChI=1S/C13H18N2O5/c1-8(2)10(7-13(16)17)14-9-4-5-11(15(18)19)12(6-9)20-3/h4-6,8,10,14H,7H2,1-3H3,(H,16,17). The fraction of sp³-hybridized carbons (Fsp3) is 0.462. The second-order valence-electron chi connectivity index (χ2n) is 4.74. The minimum Gasteiger partial charge on any atom is -0.490 e. The van der Waals surface area contributed by atoms with Crippen molar-refractivity contribution < 1.29 is 19.6 Å². The minimum absolute atomic E-state index is 0.0308. The molecule has 0 heterocycles. The van der Waals surface area contributed by atoms with E-state index < -0.39 is 10.9 Å². The number of nitrogens with one attached hydrogen (secondary N) is 1. The molecule has 1 rings (SSSR count). The summed E-state index contributed by atoms with van der Waals surface area (Å²) in [5, 5.41) is 22.7. The third-order valence-corrected chi connectivity index (χ3v) is 2.93. The number of nitro benzene ring substituents is 1. The van der Waals surface area contributed by atoms with Gasteiger partial charge in [-0.3, -0.25) is 14.9 Å². The molecule has 0 spiro atoms. The van der Waals surface area contributed by atoms with Gasteiger partial charge in [0.1, 0.15) is 0 Å². The third kappa shape index (κ3) is 4.11. The van der Waals surface area contributed by atoms with Gasteiger partial charge in [0.15, 0.2) is 5.75 Å². The summed E-state index contributed by atoms with van der Waals surface area (Å²) in [6.07, 6.45) is -0.0308. The monoisotopic (exact) mass is 282 g/mol. The van der Waals surface area contributed by atoms with Gasteiger partial charge in [-0.05, 0) is 12.0 Å². The van der Waals surface area contributed by atoms with Crippen LogP contribution in [0.4, 0.5) is 11.4 Å². The van der Waals surface area contributed by atoms with Crippen LogP contribution in [-0.2, 0) is 4.79 Å². The smallest absolute Gasteiger partial charge is 0.311 e. The Hall–Kier alpha value is -2.31. The van der Waals surface area contributed by atoms with E-state index in [0.717, 1.165) is 0 Å². The lowest BCUT2D eigenvalue weighted by molar-refractivity contribution is -0.385. The van der Waals surface area contributed by atoms with Crippen molar-refractivity contribution in [2.24, 2.45) is 5.92 Å². The maximum Gasteiger partial charge on any atom is 0.311 e. The summed E-state index contributed by atoms with van der Waals surface area (Å²) in [7, 11) is 1.35. The van der Waals surface area contributed by atoms with E-state index in [1.807, 2.05) is 13.8 Å². The van der Waals surface area contributed by atoms with Crippen LogP contribution >= 0.6 is 0 Å². The molecule has 0 radical (unpaired) electrons. The highest BCUT2D eigenvalue weighted by molar-refractivity contribution is 5.68. The number of hydrogen-bond acceptors (Lipinski definition) is 5. The molecule has 0 fully saturated rings. The lowest BCUT2D eigenvalue weighted by atomic mass is 10.0. The molecule has 0 aromatic heterocycles. The molecule has 0 aliphatic carbocycles. The maximum absolute atomic E-state index is 10.8. The second-order valence-corrected chi connectivity index (χ2v) is 4.74. The van der Waals surface area contributed by atoms with Crippen molar-refractivity contribution in [2.75, 3.05) is 12.4 Å². The topological polar surface area (TPSA) is 102 Å². The van der Waals surface area contributed by atoms with Crippen molar-refractivity contribution in [3.63, 3.8) is 0 Å². The van der Waals surface area contributed by atoms with Gasteiger partial charge in [0, 0.05) is 23.9 Å². The van der Waals surface area contributed by atoms with E-state index in [1.54, 1.807) is 0 Å². The molecule has 0 aliphatic heterocycles. The van der Waals surface area contributed by atoms with Gasteiger partial charge in [-0.25, -0.2) is 0 Å². The van der Waals surface area contributed by atoms with Crippen molar-refractivity contribution in [1.82, 2.24) is 0 Å². The van der Waals surface area contributed by atoms with Gasteiger partial charge in [-0.15, -0.1) is 0 Å². The molecule has 1 unspecified atom stereocenters. The molecule has 7 nitrogen and oxygen atoms in total. The first-order chi connectivity index (χ1) is 9.35. The van der Waals surface area contributed by atoms with E-state index >= 15 is 0 Å². The Bertz CT molecular complexity index is 502. The number of aliphatic carboxylic acids is 1. The number of nitrogens with zero attached hydrogens (tertiary/aromatic N) is 1. The zero-order valence-corrected chi connectivity index (χ0v) is 11.6. The Morgan fingerprint density at radius 3 is 2.60 bits per heavy atom. The molecule has 1 aromatic rings. The molecule has 1 aromatic carbocycles. The van der Waals surface area contributed by atoms with Crippen LogP contribution in [0.15, 0.2) is 18.2 Å². The van der Waals surface area contributed by atoms with Crippen LogP contribution < -0.4 is 10.1 Å². The fourth-order valence-electron chi connectivity index (χ4n) is 1.77. The highest BCUT2D eigenvalue weighted by atomic mass is 16.6. The summed E-state index contributed by atoms with van der Waals surface area (Å²) in [5.41, 5.74) is 0.463. The summed E-state index contributed by atoms with van der Waals surface area (Å²) in [5.74, 6) is -0.657. The van der Waals surface area contributed by atoms with Crippen molar-refractivity contribution in [1.29, 1.82) is 0 Å². The second kappa shape index (κ2) is 6.74. The summed E-state index contributed by atoms with van der Waals surface area (Å²) in [4.78, 5) is 21.1. The lowest BCUT2D eigenvalue weighted by Gasteiger charge is -2.22. The number of carboxylic acids is 1. The first-order valence-electron chi connectivity index (χ1n) is 6.16. The summed E-state index contributed by atoms with van der Waals surface area (Å²) in [6, 6.07) is 4.10. The predicted molar refractivity (Wildman–Crippen MR) is 74.1 cm³/mol. The molecular weight excluding hydrogens is 264 g/mol. The van der Waals surface area contributed by atoms with Gasteiger partial charge in [-0.2, -0.15) is 0 Å². The first-order valence-corrected chi connectivity index (χ1v) is 6.16. The normalized spacial score (nSPS) is 12.0. The summed E-state index contributed by atoms with van der Waals surface area (Å²) < 4.78 is 4.97. The Balaban J connectivity index is 2.96. The van der Waals surface area contributed by atoms with Crippen LogP contribution in [0.25, 0.3) is 0 Å². The van der Waals surface area contributed by atoms with E-state index in [-0.39, 0.29) is 29.8 Å². The molecule has 0 saturated heterocycles. The van der Waals surface area contributed by atoms with Crippen molar-refractivity contribution in [3.8, 4) is 5.75 Å². The quantitative estimate of drug-likeness (QED) is 0.588. The number of hydrogen-bond donors (Lipinski definition) is 2. The van der Waals surface area contributed by atoms with Crippen LogP contribution in [0.3, 0.4) is 0 Å². The molecule has 0 saturated carbocycles. The molecule has 2 N–H and O–H groups in total. The Morgan fingerprint density at radius 1 is 1.50 bits per heavy atom. The van der Waals surface area contributed by atoms with Gasteiger partial charge in [0.2, 0.25) is 0 Å². The largest absolute Gasteiger partial charge is 0.490 e. The lowest BCUT2D eigenvalue weighted by Crippen LogP contribution is -2.28. The SMILES string of the molecule is COc1cc(NC(CC(=O)O)C(C)C)ccc1[N+](=O)[O-]. The average Bonchev–Trinajstić information content (AvgIpc) is 2.36. The van der Waals surface area contributed by atoms with E-state index in [9.17, 15) is 14.9 Å². The zero-order chi connectivity index (χ0) is 15.3.